The Balaban J connectivity index is 1.78. The summed E-state index contributed by atoms with van der Waals surface area (Å²) in [5.41, 5.74) is 0. The highest BCUT2D eigenvalue weighted by Crippen LogP contribution is 2.29. The minimum atomic E-state index is 0.753. The van der Waals surface area contributed by atoms with Gasteiger partial charge in [-0.15, -0.1) is 0 Å². The monoisotopic (exact) mass is 196 g/mol. The standard InChI is InChI=1S/C12H24N2/c1-9-8-14(3)10(2)6-12(9)13-7-11-4-5-11/h9-13H,4-8H2,1-3H3/t9-,10-,12+/m1/s1. The third-order valence-corrected chi connectivity index (χ3v) is 3.98. The van der Waals surface area contributed by atoms with E-state index < -0.39 is 0 Å². The van der Waals surface area contributed by atoms with E-state index in [2.05, 4.69) is 31.1 Å². The van der Waals surface area contributed by atoms with Crippen molar-refractivity contribution in [3.8, 4) is 0 Å². The molecule has 2 fully saturated rings. The first-order chi connectivity index (χ1) is 6.66. The van der Waals surface area contributed by atoms with Crippen molar-refractivity contribution in [2.75, 3.05) is 20.1 Å². The molecule has 1 N–H and O–H groups in total. The smallest absolute Gasteiger partial charge is 0.0120 e. The molecule has 0 aromatic carbocycles. The Labute approximate surface area is 88.1 Å². The van der Waals surface area contributed by atoms with Crippen LogP contribution in [0, 0.1) is 11.8 Å². The molecule has 3 atom stereocenters. The Bertz CT molecular complexity index is 189. The van der Waals surface area contributed by atoms with Crippen LogP contribution >= 0.6 is 0 Å². The van der Waals surface area contributed by atoms with Crippen LogP contribution in [0.2, 0.25) is 0 Å². The molecule has 1 saturated heterocycles. The SMILES string of the molecule is C[C@@H]1CN(C)[C@H](C)C[C@@H]1NCC1CC1. The average Bonchev–Trinajstić information content (AvgIpc) is 2.92. The van der Waals surface area contributed by atoms with Crippen LogP contribution in [0.3, 0.4) is 0 Å². The molecular formula is C12H24N2. The minimum Gasteiger partial charge on any atom is -0.313 e. The van der Waals surface area contributed by atoms with Gasteiger partial charge in [0.1, 0.15) is 0 Å². The summed E-state index contributed by atoms with van der Waals surface area (Å²) >= 11 is 0. The molecule has 0 radical (unpaired) electrons. The van der Waals surface area contributed by atoms with Gasteiger partial charge in [-0.05, 0) is 51.6 Å². The third kappa shape index (κ3) is 2.48. The van der Waals surface area contributed by atoms with Crippen molar-refractivity contribution in [1.29, 1.82) is 0 Å². The van der Waals surface area contributed by atoms with Crippen molar-refractivity contribution in [1.82, 2.24) is 10.2 Å². The normalized spacial score (nSPS) is 40.1. The number of nitrogens with zero attached hydrogens (tertiary/aromatic N) is 1. The molecule has 0 aromatic heterocycles. The number of hydrogen-bond donors (Lipinski definition) is 1. The van der Waals surface area contributed by atoms with Crippen molar-refractivity contribution >= 4 is 0 Å². The van der Waals surface area contributed by atoms with Crippen LogP contribution in [0.5, 0.6) is 0 Å². The maximum absolute atomic E-state index is 3.76. The van der Waals surface area contributed by atoms with Crippen LogP contribution in [0.15, 0.2) is 0 Å². The van der Waals surface area contributed by atoms with Crippen LogP contribution in [0.1, 0.15) is 33.1 Å². The predicted molar refractivity (Wildman–Crippen MR) is 60.4 cm³/mol. The number of hydrogen-bond acceptors (Lipinski definition) is 2. The Morgan fingerprint density at radius 2 is 2.00 bits per heavy atom. The second-order valence-corrected chi connectivity index (χ2v) is 5.46. The minimum absolute atomic E-state index is 0.753. The molecule has 2 rings (SSSR count). The van der Waals surface area contributed by atoms with Gasteiger partial charge in [0.15, 0.2) is 0 Å². The fourth-order valence-electron chi connectivity index (χ4n) is 2.47. The van der Waals surface area contributed by atoms with Crippen molar-refractivity contribution < 1.29 is 0 Å². The van der Waals surface area contributed by atoms with Gasteiger partial charge in [0.2, 0.25) is 0 Å². The van der Waals surface area contributed by atoms with Gasteiger partial charge in [-0.3, -0.25) is 0 Å². The lowest BCUT2D eigenvalue weighted by atomic mass is 9.90. The van der Waals surface area contributed by atoms with E-state index >= 15 is 0 Å². The van der Waals surface area contributed by atoms with Gasteiger partial charge in [-0.1, -0.05) is 6.92 Å². The Hall–Kier alpha value is -0.0800. The Morgan fingerprint density at radius 3 is 2.64 bits per heavy atom. The van der Waals surface area contributed by atoms with E-state index in [1.54, 1.807) is 0 Å². The molecule has 0 aromatic rings. The molecule has 2 nitrogen and oxygen atoms in total. The highest BCUT2D eigenvalue weighted by Gasteiger charge is 2.30. The van der Waals surface area contributed by atoms with Gasteiger partial charge in [-0.2, -0.15) is 0 Å². The summed E-state index contributed by atoms with van der Waals surface area (Å²) in [7, 11) is 2.25. The zero-order valence-electron chi connectivity index (χ0n) is 9.79. The first-order valence-electron chi connectivity index (χ1n) is 6.10. The largest absolute Gasteiger partial charge is 0.313 e. The molecule has 2 heteroatoms. The van der Waals surface area contributed by atoms with Gasteiger partial charge in [-0.25, -0.2) is 0 Å². The second kappa shape index (κ2) is 4.19. The van der Waals surface area contributed by atoms with E-state index in [-0.39, 0.29) is 0 Å². The van der Waals surface area contributed by atoms with Gasteiger partial charge in [0.25, 0.3) is 0 Å². The lowest BCUT2D eigenvalue weighted by Gasteiger charge is -2.40. The van der Waals surface area contributed by atoms with Crippen LogP contribution in [0.4, 0.5) is 0 Å². The number of rotatable bonds is 3. The molecule has 0 bridgehead atoms. The zero-order valence-corrected chi connectivity index (χ0v) is 9.79. The summed E-state index contributed by atoms with van der Waals surface area (Å²) in [6.07, 6.45) is 4.25. The average molecular weight is 196 g/mol. The molecule has 0 amide bonds. The molecule has 1 heterocycles. The van der Waals surface area contributed by atoms with Crippen LogP contribution in [-0.4, -0.2) is 37.1 Å². The maximum atomic E-state index is 3.76. The quantitative estimate of drug-likeness (QED) is 0.739. The highest BCUT2D eigenvalue weighted by atomic mass is 15.2. The zero-order chi connectivity index (χ0) is 10.1. The molecule has 0 unspecified atom stereocenters. The summed E-state index contributed by atoms with van der Waals surface area (Å²) in [6, 6.07) is 1.52. The summed E-state index contributed by atoms with van der Waals surface area (Å²) < 4.78 is 0. The van der Waals surface area contributed by atoms with E-state index in [0.29, 0.717) is 0 Å². The van der Waals surface area contributed by atoms with E-state index in [1.165, 1.54) is 32.4 Å². The highest BCUT2D eigenvalue weighted by molar-refractivity contribution is 4.87. The summed E-state index contributed by atoms with van der Waals surface area (Å²) in [4.78, 5) is 2.49. The second-order valence-electron chi connectivity index (χ2n) is 5.46. The van der Waals surface area contributed by atoms with Crippen molar-refractivity contribution in [3.05, 3.63) is 0 Å². The Kier molecular flexibility index (Phi) is 3.13. The van der Waals surface area contributed by atoms with Crippen LogP contribution in [-0.2, 0) is 0 Å². The van der Waals surface area contributed by atoms with E-state index in [4.69, 9.17) is 0 Å². The van der Waals surface area contributed by atoms with Crippen molar-refractivity contribution in [2.24, 2.45) is 11.8 Å². The number of likely N-dealkylation sites (tertiary alicyclic amines) is 1. The summed E-state index contributed by atoms with van der Waals surface area (Å²) in [5, 5.41) is 3.76. The van der Waals surface area contributed by atoms with Crippen molar-refractivity contribution in [3.63, 3.8) is 0 Å². The fourth-order valence-corrected chi connectivity index (χ4v) is 2.47. The lowest BCUT2D eigenvalue weighted by molar-refractivity contribution is 0.121. The van der Waals surface area contributed by atoms with Gasteiger partial charge in [0, 0.05) is 18.6 Å². The van der Waals surface area contributed by atoms with Gasteiger partial charge < -0.3 is 10.2 Å². The lowest BCUT2D eigenvalue weighted by Crippen LogP contribution is -2.51. The molecule has 0 spiro atoms. The van der Waals surface area contributed by atoms with E-state index in [0.717, 1.165) is 23.9 Å². The summed E-state index contributed by atoms with van der Waals surface area (Å²) in [6.45, 7) is 7.25. The third-order valence-electron chi connectivity index (χ3n) is 3.98. The summed E-state index contributed by atoms with van der Waals surface area (Å²) in [5.74, 6) is 1.83. The fraction of sp³-hybridized carbons (Fsp3) is 1.00. The topological polar surface area (TPSA) is 15.3 Å². The first kappa shape index (κ1) is 10.4. The molecule has 1 aliphatic heterocycles. The molecule has 1 aliphatic carbocycles. The van der Waals surface area contributed by atoms with Crippen molar-refractivity contribution in [2.45, 2.75) is 45.2 Å². The van der Waals surface area contributed by atoms with E-state index in [1.807, 2.05) is 0 Å². The maximum Gasteiger partial charge on any atom is 0.0120 e. The molecule has 2 aliphatic rings. The molecular weight excluding hydrogens is 172 g/mol. The number of nitrogens with one attached hydrogen (secondary N) is 1. The molecule has 82 valence electrons. The van der Waals surface area contributed by atoms with Crippen LogP contribution < -0.4 is 5.32 Å². The number of piperidine rings is 1. The van der Waals surface area contributed by atoms with E-state index in [9.17, 15) is 0 Å². The predicted octanol–water partition coefficient (Wildman–Crippen LogP) is 1.71. The molecule has 14 heavy (non-hydrogen) atoms. The van der Waals surface area contributed by atoms with Crippen LogP contribution in [0.25, 0.3) is 0 Å². The first-order valence-corrected chi connectivity index (χ1v) is 6.10. The van der Waals surface area contributed by atoms with Gasteiger partial charge in [0.05, 0.1) is 0 Å². The molecule has 1 saturated carbocycles. The van der Waals surface area contributed by atoms with Gasteiger partial charge >= 0.3 is 0 Å². The Morgan fingerprint density at radius 1 is 1.29 bits per heavy atom.